The summed E-state index contributed by atoms with van der Waals surface area (Å²) in [6, 6.07) is 11.4. The van der Waals surface area contributed by atoms with Crippen molar-refractivity contribution in [2.75, 3.05) is 0 Å². The molecule has 0 saturated heterocycles. The molecular weight excluding hydrogens is 482 g/mol. The molecule has 0 fully saturated rings. The standard InChI is InChI=1S/C19H12Cl4O5S/c20-12-3-6-14(21)13(9-12)19(29(26,27)28,10-1-4-15(22)17(24)7-10)11-2-5-16(23)18(25)8-11/h1-9,24-25H,(H,26,27,28). The molecule has 0 aliphatic rings. The van der Waals surface area contributed by atoms with Crippen molar-refractivity contribution in [2.24, 2.45) is 0 Å². The van der Waals surface area contributed by atoms with Gasteiger partial charge in [0, 0.05) is 15.6 Å². The van der Waals surface area contributed by atoms with E-state index in [2.05, 4.69) is 0 Å². The van der Waals surface area contributed by atoms with Gasteiger partial charge in [-0.1, -0.05) is 58.5 Å². The highest BCUT2D eigenvalue weighted by atomic mass is 35.5. The summed E-state index contributed by atoms with van der Waals surface area (Å²) in [5.74, 6) is -0.845. The van der Waals surface area contributed by atoms with Crippen LogP contribution < -0.4 is 0 Å². The van der Waals surface area contributed by atoms with E-state index in [1.807, 2.05) is 0 Å². The van der Waals surface area contributed by atoms with E-state index in [-0.39, 0.29) is 36.8 Å². The van der Waals surface area contributed by atoms with Gasteiger partial charge >= 0.3 is 0 Å². The maximum Gasteiger partial charge on any atom is 0.283 e. The maximum absolute atomic E-state index is 12.9. The predicted octanol–water partition coefficient (Wildman–Crippen LogP) is 5.89. The summed E-state index contributed by atoms with van der Waals surface area (Å²) in [6.45, 7) is 0. The number of phenolic OH excluding ortho intramolecular Hbond substituents is 2. The lowest BCUT2D eigenvalue weighted by Gasteiger charge is -2.33. The molecule has 0 amide bonds. The fourth-order valence-corrected chi connectivity index (χ4v) is 5.16. The van der Waals surface area contributed by atoms with Gasteiger partial charge in [-0.3, -0.25) is 4.55 Å². The normalized spacial score (nSPS) is 12.2. The Bertz CT molecular complexity index is 1160. The Morgan fingerprint density at radius 1 is 0.690 bits per heavy atom. The lowest BCUT2D eigenvalue weighted by molar-refractivity contribution is 0.455. The summed E-state index contributed by atoms with van der Waals surface area (Å²) in [5, 5.41) is 20.3. The molecule has 0 bridgehead atoms. The van der Waals surface area contributed by atoms with E-state index < -0.39 is 26.4 Å². The molecular formula is C19H12Cl4O5S. The van der Waals surface area contributed by atoms with Crippen LogP contribution in [0, 0.1) is 0 Å². The molecule has 0 heterocycles. The van der Waals surface area contributed by atoms with Crippen LogP contribution in [0.2, 0.25) is 20.1 Å². The smallest absolute Gasteiger partial charge is 0.283 e. The Labute approximate surface area is 186 Å². The molecule has 10 heteroatoms. The van der Waals surface area contributed by atoms with Crippen molar-refractivity contribution in [1.82, 2.24) is 0 Å². The van der Waals surface area contributed by atoms with Crippen LogP contribution in [0.3, 0.4) is 0 Å². The molecule has 3 N–H and O–H groups in total. The molecule has 152 valence electrons. The second-order valence-electron chi connectivity index (χ2n) is 6.11. The molecule has 0 unspecified atom stereocenters. The first-order chi connectivity index (χ1) is 13.5. The van der Waals surface area contributed by atoms with Crippen LogP contribution in [0.25, 0.3) is 0 Å². The first-order valence-electron chi connectivity index (χ1n) is 7.89. The number of hydrogen-bond acceptors (Lipinski definition) is 4. The van der Waals surface area contributed by atoms with Crippen molar-refractivity contribution in [2.45, 2.75) is 4.75 Å². The SMILES string of the molecule is O=S(=O)(O)C(c1ccc(Cl)c(O)c1)(c1ccc(Cl)c(O)c1)c1cc(Cl)ccc1Cl. The zero-order valence-corrected chi connectivity index (χ0v) is 18.1. The first-order valence-corrected chi connectivity index (χ1v) is 10.8. The van der Waals surface area contributed by atoms with Crippen LogP contribution in [0.15, 0.2) is 54.6 Å². The zero-order valence-electron chi connectivity index (χ0n) is 14.3. The van der Waals surface area contributed by atoms with Crippen LogP contribution in [-0.4, -0.2) is 23.2 Å². The fourth-order valence-electron chi connectivity index (χ4n) is 3.15. The molecule has 0 aliphatic heterocycles. The topological polar surface area (TPSA) is 94.8 Å². The molecule has 5 nitrogen and oxygen atoms in total. The molecule has 0 atom stereocenters. The third-order valence-electron chi connectivity index (χ3n) is 4.40. The Morgan fingerprint density at radius 2 is 1.14 bits per heavy atom. The number of aromatic hydroxyl groups is 2. The second kappa shape index (κ2) is 7.87. The van der Waals surface area contributed by atoms with Gasteiger partial charge in [-0.15, -0.1) is 0 Å². The average molecular weight is 494 g/mol. The summed E-state index contributed by atoms with van der Waals surface area (Å²) in [4.78, 5) is 0. The van der Waals surface area contributed by atoms with Crippen molar-refractivity contribution in [3.63, 3.8) is 0 Å². The number of hydrogen-bond donors (Lipinski definition) is 3. The van der Waals surface area contributed by atoms with Gasteiger partial charge in [0.1, 0.15) is 11.5 Å². The van der Waals surface area contributed by atoms with Crippen LogP contribution in [0.1, 0.15) is 16.7 Å². The highest BCUT2D eigenvalue weighted by molar-refractivity contribution is 7.87. The zero-order chi connectivity index (χ0) is 21.6. The fraction of sp³-hybridized carbons (Fsp3) is 0.0526. The van der Waals surface area contributed by atoms with Crippen LogP contribution >= 0.6 is 46.4 Å². The van der Waals surface area contributed by atoms with E-state index in [9.17, 15) is 23.2 Å². The second-order valence-corrected chi connectivity index (χ2v) is 9.33. The van der Waals surface area contributed by atoms with Crippen molar-refractivity contribution in [1.29, 1.82) is 0 Å². The van der Waals surface area contributed by atoms with E-state index in [0.29, 0.717) is 0 Å². The minimum absolute atomic E-state index is 0.0316. The highest BCUT2D eigenvalue weighted by Crippen LogP contribution is 2.49. The molecule has 0 aliphatic carbocycles. The van der Waals surface area contributed by atoms with E-state index in [1.165, 1.54) is 42.5 Å². The third-order valence-corrected chi connectivity index (χ3v) is 7.07. The first kappa shape index (κ1) is 22.0. The van der Waals surface area contributed by atoms with Crippen molar-refractivity contribution < 1.29 is 23.2 Å². The van der Waals surface area contributed by atoms with Crippen LogP contribution in [0.4, 0.5) is 0 Å². The quantitative estimate of drug-likeness (QED) is 0.311. The van der Waals surface area contributed by atoms with E-state index >= 15 is 0 Å². The molecule has 0 radical (unpaired) electrons. The van der Waals surface area contributed by atoms with Gasteiger partial charge in [-0.05, 0) is 53.6 Å². The summed E-state index contributed by atoms with van der Waals surface area (Å²) < 4.78 is 34.0. The number of rotatable bonds is 4. The summed E-state index contributed by atoms with van der Waals surface area (Å²) in [5.41, 5.74) is -0.279. The summed E-state index contributed by atoms with van der Waals surface area (Å²) >= 11 is 24.1. The minimum Gasteiger partial charge on any atom is -0.506 e. The Balaban J connectivity index is 2.58. The molecule has 3 rings (SSSR count). The van der Waals surface area contributed by atoms with Gasteiger partial charge in [0.05, 0.1) is 10.0 Å². The molecule has 29 heavy (non-hydrogen) atoms. The Hall–Kier alpha value is -1.67. The minimum atomic E-state index is -5.04. The molecule has 3 aromatic rings. The van der Waals surface area contributed by atoms with Crippen molar-refractivity contribution in [3.05, 3.63) is 91.4 Å². The summed E-state index contributed by atoms with van der Waals surface area (Å²) in [6.07, 6.45) is 0. The lowest BCUT2D eigenvalue weighted by atomic mass is 9.83. The average Bonchev–Trinajstić information content (AvgIpc) is 2.63. The summed E-state index contributed by atoms with van der Waals surface area (Å²) in [7, 11) is -5.04. The molecule has 0 aromatic heterocycles. The van der Waals surface area contributed by atoms with Crippen LogP contribution in [0.5, 0.6) is 11.5 Å². The Kier molecular flexibility index (Phi) is 5.98. The van der Waals surface area contributed by atoms with Gasteiger partial charge in [-0.2, -0.15) is 8.42 Å². The monoisotopic (exact) mass is 492 g/mol. The van der Waals surface area contributed by atoms with Gasteiger partial charge < -0.3 is 10.2 Å². The van der Waals surface area contributed by atoms with Crippen LogP contribution in [-0.2, 0) is 14.9 Å². The van der Waals surface area contributed by atoms with Gasteiger partial charge in [0.25, 0.3) is 10.1 Å². The van der Waals surface area contributed by atoms with E-state index in [1.54, 1.807) is 0 Å². The highest BCUT2D eigenvalue weighted by Gasteiger charge is 2.50. The lowest BCUT2D eigenvalue weighted by Crippen LogP contribution is -2.38. The van der Waals surface area contributed by atoms with Gasteiger partial charge in [-0.25, -0.2) is 0 Å². The van der Waals surface area contributed by atoms with Gasteiger partial charge in [0.2, 0.25) is 0 Å². The van der Waals surface area contributed by atoms with Crippen molar-refractivity contribution in [3.8, 4) is 11.5 Å². The maximum atomic E-state index is 12.9. The predicted molar refractivity (Wildman–Crippen MR) is 114 cm³/mol. The number of benzene rings is 3. The van der Waals surface area contributed by atoms with Gasteiger partial charge in [0.15, 0.2) is 4.75 Å². The number of halogens is 4. The molecule has 3 aromatic carbocycles. The molecule has 0 spiro atoms. The third kappa shape index (κ3) is 3.77. The number of phenols is 2. The largest absolute Gasteiger partial charge is 0.506 e. The van der Waals surface area contributed by atoms with Crippen molar-refractivity contribution >= 4 is 56.5 Å². The van der Waals surface area contributed by atoms with E-state index in [0.717, 1.165) is 12.1 Å². The van der Waals surface area contributed by atoms with E-state index in [4.69, 9.17) is 46.4 Å². The molecule has 0 saturated carbocycles. The Morgan fingerprint density at radius 3 is 1.55 bits per heavy atom.